The molecule has 0 bridgehead atoms. The summed E-state index contributed by atoms with van der Waals surface area (Å²) < 4.78 is 23.9. The lowest BCUT2D eigenvalue weighted by Gasteiger charge is -2.05. The molecule has 1 heterocycles. The molecule has 5 nitrogen and oxygen atoms in total. The van der Waals surface area contributed by atoms with Crippen LogP contribution >= 0.6 is 11.6 Å². The van der Waals surface area contributed by atoms with Crippen LogP contribution in [0.5, 0.6) is 0 Å². The molecule has 0 saturated heterocycles. The van der Waals surface area contributed by atoms with Crippen molar-refractivity contribution >= 4 is 27.4 Å². The van der Waals surface area contributed by atoms with Gasteiger partial charge in [0.2, 0.25) is 10.0 Å². The number of hydrogen-bond donors (Lipinski definition) is 2. The minimum absolute atomic E-state index is 0.416. The monoisotopic (exact) mass is 263 g/mol. The zero-order valence-corrected chi connectivity index (χ0v) is 10.5. The molecule has 0 atom stereocenters. The zero-order chi connectivity index (χ0) is 12.0. The van der Waals surface area contributed by atoms with Gasteiger partial charge in [0.25, 0.3) is 0 Å². The van der Waals surface area contributed by atoms with E-state index in [9.17, 15) is 8.42 Å². The third-order valence-electron chi connectivity index (χ3n) is 1.75. The highest BCUT2D eigenvalue weighted by atomic mass is 35.5. The fraction of sp³-hybridized carbons (Fsp3) is 0.444. The highest BCUT2D eigenvalue weighted by Crippen LogP contribution is 2.08. The van der Waals surface area contributed by atoms with Gasteiger partial charge in [0.05, 0.1) is 11.3 Å². The lowest BCUT2D eigenvalue weighted by Crippen LogP contribution is -2.24. The van der Waals surface area contributed by atoms with Gasteiger partial charge in [-0.25, -0.2) is 18.1 Å². The number of anilines is 1. The van der Waals surface area contributed by atoms with Gasteiger partial charge in [-0.1, -0.05) is 11.6 Å². The van der Waals surface area contributed by atoms with Crippen LogP contribution in [0.2, 0.25) is 5.02 Å². The first-order valence-corrected chi connectivity index (χ1v) is 7.04. The molecule has 0 saturated carbocycles. The van der Waals surface area contributed by atoms with Crippen molar-refractivity contribution in [2.24, 2.45) is 0 Å². The van der Waals surface area contributed by atoms with E-state index in [4.69, 9.17) is 11.6 Å². The van der Waals surface area contributed by atoms with E-state index in [0.717, 1.165) is 12.1 Å². The molecule has 0 unspecified atom stereocenters. The number of pyridine rings is 1. The topological polar surface area (TPSA) is 71.1 Å². The summed E-state index contributed by atoms with van der Waals surface area (Å²) in [5.41, 5.74) is 0. The largest absolute Gasteiger partial charge is 0.370 e. The Balaban J connectivity index is 2.19. The Morgan fingerprint density at radius 1 is 1.38 bits per heavy atom. The van der Waals surface area contributed by atoms with Crippen LogP contribution in [0.4, 0.5) is 5.82 Å². The van der Waals surface area contributed by atoms with E-state index in [1.54, 1.807) is 18.3 Å². The van der Waals surface area contributed by atoms with E-state index in [-0.39, 0.29) is 0 Å². The van der Waals surface area contributed by atoms with Crippen molar-refractivity contribution in [1.29, 1.82) is 0 Å². The molecule has 1 rings (SSSR count). The molecule has 1 aromatic heterocycles. The smallest absolute Gasteiger partial charge is 0.208 e. The van der Waals surface area contributed by atoms with Crippen molar-refractivity contribution < 1.29 is 8.42 Å². The van der Waals surface area contributed by atoms with Crippen LogP contribution in [0.25, 0.3) is 0 Å². The van der Waals surface area contributed by atoms with E-state index in [2.05, 4.69) is 15.0 Å². The Morgan fingerprint density at radius 3 is 2.69 bits per heavy atom. The van der Waals surface area contributed by atoms with Gasteiger partial charge in [0.1, 0.15) is 5.82 Å². The minimum atomic E-state index is -3.09. The van der Waals surface area contributed by atoms with Gasteiger partial charge >= 0.3 is 0 Å². The van der Waals surface area contributed by atoms with Crippen LogP contribution in [0.3, 0.4) is 0 Å². The van der Waals surface area contributed by atoms with Crippen LogP contribution in [-0.4, -0.2) is 32.7 Å². The number of sulfonamides is 1. The highest BCUT2D eigenvalue weighted by molar-refractivity contribution is 7.88. The van der Waals surface area contributed by atoms with Crippen molar-refractivity contribution in [3.63, 3.8) is 0 Å². The Bertz CT molecular complexity index is 419. The second-order valence-corrected chi connectivity index (χ2v) is 5.58. The van der Waals surface area contributed by atoms with E-state index in [1.807, 2.05) is 0 Å². The molecular formula is C9H14ClN3O2S. The van der Waals surface area contributed by atoms with Crippen molar-refractivity contribution in [2.75, 3.05) is 24.7 Å². The molecule has 0 aliphatic carbocycles. The van der Waals surface area contributed by atoms with E-state index >= 15 is 0 Å². The fourth-order valence-electron chi connectivity index (χ4n) is 1.04. The number of rotatable bonds is 6. The lowest BCUT2D eigenvalue weighted by molar-refractivity contribution is 0.586. The summed E-state index contributed by atoms with van der Waals surface area (Å²) in [6.07, 6.45) is 3.39. The molecule has 7 heteroatoms. The van der Waals surface area contributed by atoms with E-state index in [0.29, 0.717) is 24.5 Å². The standard InChI is InChI=1S/C9H14ClN3O2S/c1-16(14,15)13-6-2-5-11-9-4-3-8(10)7-12-9/h3-4,7,13H,2,5-6H2,1H3,(H,11,12). The molecular weight excluding hydrogens is 250 g/mol. The minimum Gasteiger partial charge on any atom is -0.370 e. The first-order valence-electron chi connectivity index (χ1n) is 4.77. The second kappa shape index (κ2) is 6.03. The molecule has 0 aliphatic heterocycles. The molecule has 0 aliphatic rings. The predicted octanol–water partition coefficient (Wildman–Crippen LogP) is 1.09. The Morgan fingerprint density at radius 2 is 2.12 bits per heavy atom. The molecule has 16 heavy (non-hydrogen) atoms. The van der Waals surface area contributed by atoms with Gasteiger partial charge in [0.15, 0.2) is 0 Å². The van der Waals surface area contributed by atoms with Crippen molar-refractivity contribution in [1.82, 2.24) is 9.71 Å². The normalized spacial score (nSPS) is 11.4. The average molecular weight is 264 g/mol. The molecule has 0 radical (unpaired) electrons. The molecule has 90 valence electrons. The summed E-state index contributed by atoms with van der Waals surface area (Å²) in [5.74, 6) is 0.726. The van der Waals surface area contributed by atoms with Crippen LogP contribution in [-0.2, 0) is 10.0 Å². The molecule has 2 N–H and O–H groups in total. The number of halogens is 1. The third kappa shape index (κ3) is 5.89. The third-order valence-corrected chi connectivity index (χ3v) is 2.70. The summed E-state index contributed by atoms with van der Waals surface area (Å²) in [7, 11) is -3.09. The van der Waals surface area contributed by atoms with Crippen LogP contribution in [0.15, 0.2) is 18.3 Å². The van der Waals surface area contributed by atoms with Crippen molar-refractivity contribution in [3.8, 4) is 0 Å². The average Bonchev–Trinajstić information content (AvgIpc) is 2.19. The van der Waals surface area contributed by atoms with Crippen LogP contribution < -0.4 is 10.0 Å². The summed E-state index contributed by atoms with van der Waals surface area (Å²) in [4.78, 5) is 4.04. The quantitative estimate of drug-likeness (QED) is 0.754. The van der Waals surface area contributed by atoms with Gasteiger partial charge in [-0.2, -0.15) is 0 Å². The maximum atomic E-state index is 10.7. The molecule has 0 spiro atoms. The van der Waals surface area contributed by atoms with Crippen LogP contribution in [0.1, 0.15) is 6.42 Å². The first-order chi connectivity index (χ1) is 7.47. The summed E-state index contributed by atoms with van der Waals surface area (Å²) in [6, 6.07) is 3.51. The maximum absolute atomic E-state index is 10.7. The van der Waals surface area contributed by atoms with Gasteiger partial charge in [-0.05, 0) is 18.6 Å². The molecule has 1 aromatic rings. The van der Waals surface area contributed by atoms with Crippen molar-refractivity contribution in [2.45, 2.75) is 6.42 Å². The van der Waals surface area contributed by atoms with Crippen molar-refractivity contribution in [3.05, 3.63) is 23.4 Å². The van der Waals surface area contributed by atoms with Gasteiger partial charge in [-0.3, -0.25) is 0 Å². The molecule has 0 aromatic carbocycles. The van der Waals surface area contributed by atoms with Gasteiger partial charge in [-0.15, -0.1) is 0 Å². The predicted molar refractivity (Wildman–Crippen MR) is 65.2 cm³/mol. The second-order valence-electron chi connectivity index (χ2n) is 3.31. The summed E-state index contributed by atoms with van der Waals surface area (Å²) >= 11 is 5.68. The number of nitrogens with one attached hydrogen (secondary N) is 2. The van der Waals surface area contributed by atoms with E-state index in [1.165, 1.54) is 0 Å². The van der Waals surface area contributed by atoms with Gasteiger partial charge < -0.3 is 5.32 Å². The molecule has 0 fully saturated rings. The Hall–Kier alpha value is -0.850. The lowest BCUT2D eigenvalue weighted by atomic mass is 10.4. The van der Waals surface area contributed by atoms with E-state index < -0.39 is 10.0 Å². The summed E-state index contributed by atoms with van der Waals surface area (Å²) in [6.45, 7) is 1.07. The van der Waals surface area contributed by atoms with Crippen LogP contribution in [0, 0.1) is 0 Å². The number of nitrogens with zero attached hydrogens (tertiary/aromatic N) is 1. The Labute approximate surface area is 100 Å². The molecule has 0 amide bonds. The fourth-order valence-corrected chi connectivity index (χ4v) is 1.67. The summed E-state index contributed by atoms with van der Waals surface area (Å²) in [5, 5.41) is 3.64. The zero-order valence-electron chi connectivity index (χ0n) is 8.90. The Kier molecular flexibility index (Phi) is 4.98. The maximum Gasteiger partial charge on any atom is 0.208 e. The first kappa shape index (κ1) is 13.2. The number of hydrogen-bond acceptors (Lipinski definition) is 4. The van der Waals surface area contributed by atoms with Gasteiger partial charge in [0, 0.05) is 19.3 Å². The highest BCUT2D eigenvalue weighted by Gasteiger charge is 1.98. The SMILES string of the molecule is CS(=O)(=O)NCCCNc1ccc(Cl)cn1. The number of aromatic nitrogens is 1.